The van der Waals surface area contributed by atoms with Gasteiger partial charge < -0.3 is 20.0 Å². The average molecular weight is 365 g/mol. The van der Waals surface area contributed by atoms with Crippen molar-refractivity contribution in [3.05, 3.63) is 53.7 Å². The summed E-state index contributed by atoms with van der Waals surface area (Å²) in [7, 11) is 4.12. The molecule has 1 amide bonds. The SMILES string of the molecule is CN(C)Cc1ccc(N2CCN(C(=O)C3CNc4ccccc43)CC2)nc1. The number of piperazine rings is 1. The normalized spacial score (nSPS) is 19.1. The molecular formula is C21H27N5O. The van der Waals surface area contributed by atoms with Crippen LogP contribution in [-0.2, 0) is 11.3 Å². The first-order chi connectivity index (χ1) is 13.1. The second-order valence-electron chi connectivity index (χ2n) is 7.60. The highest BCUT2D eigenvalue weighted by molar-refractivity contribution is 5.88. The van der Waals surface area contributed by atoms with Crippen LogP contribution in [0.2, 0.25) is 0 Å². The van der Waals surface area contributed by atoms with Crippen LogP contribution in [0.15, 0.2) is 42.6 Å². The minimum Gasteiger partial charge on any atom is -0.384 e. The van der Waals surface area contributed by atoms with E-state index in [1.54, 1.807) is 0 Å². The molecule has 2 aromatic rings. The van der Waals surface area contributed by atoms with Gasteiger partial charge in [-0.3, -0.25) is 4.79 Å². The van der Waals surface area contributed by atoms with Crippen molar-refractivity contribution in [2.45, 2.75) is 12.5 Å². The molecule has 27 heavy (non-hydrogen) atoms. The van der Waals surface area contributed by atoms with Crippen LogP contribution in [0, 0.1) is 0 Å². The first kappa shape index (κ1) is 17.8. The number of amides is 1. The van der Waals surface area contributed by atoms with Crippen molar-refractivity contribution in [1.29, 1.82) is 0 Å². The number of fused-ring (bicyclic) bond motifs is 1. The van der Waals surface area contributed by atoms with Gasteiger partial charge in [-0.25, -0.2) is 4.98 Å². The molecule has 0 aliphatic carbocycles. The molecule has 6 heteroatoms. The van der Waals surface area contributed by atoms with E-state index in [-0.39, 0.29) is 11.8 Å². The molecule has 0 bridgehead atoms. The Morgan fingerprint density at radius 2 is 1.93 bits per heavy atom. The van der Waals surface area contributed by atoms with Crippen molar-refractivity contribution >= 4 is 17.4 Å². The monoisotopic (exact) mass is 365 g/mol. The van der Waals surface area contributed by atoms with Crippen LogP contribution in [-0.4, -0.2) is 67.5 Å². The Hall–Kier alpha value is -2.60. The van der Waals surface area contributed by atoms with Crippen molar-refractivity contribution in [3.63, 3.8) is 0 Å². The molecular weight excluding hydrogens is 338 g/mol. The van der Waals surface area contributed by atoms with Crippen molar-refractivity contribution in [1.82, 2.24) is 14.8 Å². The van der Waals surface area contributed by atoms with Gasteiger partial charge in [0.1, 0.15) is 5.82 Å². The molecule has 1 unspecified atom stereocenters. The zero-order valence-electron chi connectivity index (χ0n) is 16.1. The zero-order chi connectivity index (χ0) is 18.8. The van der Waals surface area contributed by atoms with Gasteiger partial charge in [-0.15, -0.1) is 0 Å². The van der Waals surface area contributed by atoms with Crippen LogP contribution >= 0.6 is 0 Å². The van der Waals surface area contributed by atoms with E-state index in [1.165, 1.54) is 5.56 Å². The molecule has 1 N–H and O–H groups in total. The summed E-state index contributed by atoms with van der Waals surface area (Å²) in [5.41, 5.74) is 3.43. The number of para-hydroxylation sites is 1. The fourth-order valence-electron chi connectivity index (χ4n) is 3.94. The van der Waals surface area contributed by atoms with E-state index in [0.29, 0.717) is 6.54 Å². The molecule has 0 saturated carbocycles. The minimum atomic E-state index is -0.0591. The number of rotatable bonds is 4. The Morgan fingerprint density at radius 1 is 1.15 bits per heavy atom. The van der Waals surface area contributed by atoms with E-state index in [0.717, 1.165) is 49.8 Å². The summed E-state index contributed by atoms with van der Waals surface area (Å²) in [6.45, 7) is 4.75. The molecule has 2 aliphatic heterocycles. The van der Waals surface area contributed by atoms with Gasteiger partial charge in [0.15, 0.2) is 0 Å². The number of nitrogens with one attached hydrogen (secondary N) is 1. The summed E-state index contributed by atoms with van der Waals surface area (Å²) >= 11 is 0. The van der Waals surface area contributed by atoms with Crippen LogP contribution in [0.5, 0.6) is 0 Å². The van der Waals surface area contributed by atoms with Crippen molar-refractivity contribution in [3.8, 4) is 0 Å². The third kappa shape index (κ3) is 3.76. The number of carbonyl (C=O) groups excluding carboxylic acids is 1. The largest absolute Gasteiger partial charge is 0.384 e. The van der Waals surface area contributed by atoms with Crippen LogP contribution in [0.4, 0.5) is 11.5 Å². The molecule has 4 rings (SSSR count). The van der Waals surface area contributed by atoms with Gasteiger partial charge in [-0.2, -0.15) is 0 Å². The van der Waals surface area contributed by atoms with E-state index in [4.69, 9.17) is 0 Å². The summed E-state index contributed by atoms with van der Waals surface area (Å²) < 4.78 is 0. The molecule has 1 atom stereocenters. The highest BCUT2D eigenvalue weighted by Crippen LogP contribution is 2.32. The maximum absolute atomic E-state index is 13.0. The maximum Gasteiger partial charge on any atom is 0.232 e. The Kier molecular flexibility index (Phi) is 4.99. The minimum absolute atomic E-state index is 0.0591. The predicted molar refractivity (Wildman–Crippen MR) is 108 cm³/mol. The molecule has 6 nitrogen and oxygen atoms in total. The molecule has 1 aromatic heterocycles. The second kappa shape index (κ2) is 7.56. The van der Waals surface area contributed by atoms with Gasteiger partial charge in [0.05, 0.1) is 5.92 Å². The lowest BCUT2D eigenvalue weighted by Crippen LogP contribution is -2.50. The summed E-state index contributed by atoms with van der Waals surface area (Å²) in [4.78, 5) is 24.0. The summed E-state index contributed by atoms with van der Waals surface area (Å²) in [6, 6.07) is 12.4. The van der Waals surface area contributed by atoms with Crippen molar-refractivity contribution in [2.75, 3.05) is 57.0 Å². The first-order valence-corrected chi connectivity index (χ1v) is 9.58. The third-order valence-corrected chi connectivity index (χ3v) is 5.35. The fourth-order valence-corrected chi connectivity index (χ4v) is 3.94. The number of aromatic nitrogens is 1. The molecule has 0 spiro atoms. The molecule has 1 saturated heterocycles. The molecule has 142 valence electrons. The van der Waals surface area contributed by atoms with Gasteiger partial charge in [-0.05, 0) is 37.4 Å². The molecule has 1 fully saturated rings. The van der Waals surface area contributed by atoms with E-state index in [1.807, 2.05) is 29.3 Å². The Bertz CT molecular complexity index is 796. The van der Waals surface area contributed by atoms with Crippen LogP contribution in [0.25, 0.3) is 0 Å². The maximum atomic E-state index is 13.0. The first-order valence-electron chi connectivity index (χ1n) is 9.58. The molecule has 2 aliphatic rings. The lowest BCUT2D eigenvalue weighted by atomic mass is 9.99. The highest BCUT2D eigenvalue weighted by atomic mass is 16.2. The number of hydrogen-bond donors (Lipinski definition) is 1. The number of nitrogens with zero attached hydrogens (tertiary/aromatic N) is 4. The summed E-state index contributed by atoms with van der Waals surface area (Å²) in [6.07, 6.45) is 1.95. The Morgan fingerprint density at radius 3 is 2.63 bits per heavy atom. The smallest absolute Gasteiger partial charge is 0.232 e. The fraction of sp³-hybridized carbons (Fsp3) is 0.429. The van der Waals surface area contributed by atoms with E-state index in [2.05, 4.69) is 52.4 Å². The summed E-state index contributed by atoms with van der Waals surface area (Å²) in [5.74, 6) is 1.18. The van der Waals surface area contributed by atoms with Gasteiger partial charge in [-0.1, -0.05) is 24.3 Å². The quantitative estimate of drug-likeness (QED) is 0.898. The number of benzene rings is 1. The molecule has 3 heterocycles. The van der Waals surface area contributed by atoms with Gasteiger partial charge >= 0.3 is 0 Å². The molecule has 1 aromatic carbocycles. The number of hydrogen-bond acceptors (Lipinski definition) is 5. The van der Waals surface area contributed by atoms with Gasteiger partial charge in [0, 0.05) is 51.2 Å². The van der Waals surface area contributed by atoms with Crippen LogP contribution in [0.1, 0.15) is 17.0 Å². The average Bonchev–Trinajstić information content (AvgIpc) is 3.12. The lowest BCUT2D eigenvalue weighted by Gasteiger charge is -2.36. The predicted octanol–water partition coefficient (Wildman–Crippen LogP) is 2.00. The standard InChI is InChI=1S/C21H27N5O/c1-24(2)15-16-7-8-20(23-13-16)25-9-11-26(12-10-25)21(27)18-14-22-19-6-4-3-5-17(18)19/h3-8,13,18,22H,9-12,14-15H2,1-2H3. The van der Waals surface area contributed by atoms with E-state index >= 15 is 0 Å². The van der Waals surface area contributed by atoms with Crippen molar-refractivity contribution in [2.24, 2.45) is 0 Å². The van der Waals surface area contributed by atoms with Gasteiger partial charge in [0.25, 0.3) is 0 Å². The Labute approximate surface area is 160 Å². The lowest BCUT2D eigenvalue weighted by molar-refractivity contribution is -0.132. The second-order valence-corrected chi connectivity index (χ2v) is 7.60. The number of anilines is 2. The number of carbonyl (C=O) groups is 1. The van der Waals surface area contributed by atoms with Gasteiger partial charge in [0.2, 0.25) is 5.91 Å². The zero-order valence-corrected chi connectivity index (χ0v) is 16.1. The van der Waals surface area contributed by atoms with E-state index < -0.39 is 0 Å². The topological polar surface area (TPSA) is 51.7 Å². The van der Waals surface area contributed by atoms with Crippen LogP contribution < -0.4 is 10.2 Å². The summed E-state index contributed by atoms with van der Waals surface area (Å²) in [5, 5.41) is 3.35. The third-order valence-electron chi connectivity index (χ3n) is 5.35. The molecule has 0 radical (unpaired) electrons. The Balaban J connectivity index is 1.36. The van der Waals surface area contributed by atoms with E-state index in [9.17, 15) is 4.79 Å². The van der Waals surface area contributed by atoms with Crippen LogP contribution in [0.3, 0.4) is 0 Å². The highest BCUT2D eigenvalue weighted by Gasteiger charge is 2.33. The number of pyridine rings is 1. The van der Waals surface area contributed by atoms with Crippen molar-refractivity contribution < 1.29 is 4.79 Å².